The lowest BCUT2D eigenvalue weighted by atomic mass is 9.97. The van der Waals surface area contributed by atoms with Gasteiger partial charge in [-0.1, -0.05) is 6.07 Å². The smallest absolute Gasteiger partial charge is 0.217 e. The number of ether oxygens (including phenoxy) is 2. The number of methoxy groups -OCH3 is 1. The second-order valence-corrected chi connectivity index (χ2v) is 5.77. The molecule has 0 unspecified atom stereocenters. The van der Waals surface area contributed by atoms with E-state index in [1.807, 2.05) is 23.0 Å². The lowest BCUT2D eigenvalue weighted by Gasteiger charge is -2.18. The molecule has 3 heterocycles. The van der Waals surface area contributed by atoms with Crippen molar-refractivity contribution in [3.8, 4) is 5.88 Å². The normalized spacial score (nSPS) is 20.8. The van der Waals surface area contributed by atoms with Gasteiger partial charge in [-0.15, -0.1) is 0 Å². The van der Waals surface area contributed by atoms with Crippen molar-refractivity contribution >= 4 is 0 Å². The summed E-state index contributed by atoms with van der Waals surface area (Å²) >= 11 is 0. The maximum absolute atomic E-state index is 5.93. The van der Waals surface area contributed by atoms with Crippen LogP contribution in [-0.4, -0.2) is 35.0 Å². The molecular weight excluding hydrogens is 292 g/mol. The zero-order valence-corrected chi connectivity index (χ0v) is 13.7. The maximum Gasteiger partial charge on any atom is 0.217 e. The number of aromatic nitrogens is 3. The number of pyridine rings is 1. The minimum absolute atomic E-state index is 0.138. The third kappa shape index (κ3) is 3.71. The highest BCUT2D eigenvalue weighted by Gasteiger charge is 2.30. The molecule has 0 radical (unpaired) electrons. The highest BCUT2D eigenvalue weighted by atomic mass is 16.5. The molecule has 0 spiro atoms. The fourth-order valence-electron chi connectivity index (χ4n) is 3.05. The number of aryl methyl sites for hydroxylation is 1. The zero-order chi connectivity index (χ0) is 16.1. The van der Waals surface area contributed by atoms with Crippen molar-refractivity contribution in [1.82, 2.24) is 20.1 Å². The molecule has 1 saturated heterocycles. The van der Waals surface area contributed by atoms with Crippen LogP contribution < -0.4 is 10.1 Å². The molecule has 0 amide bonds. The molecule has 1 N–H and O–H groups in total. The summed E-state index contributed by atoms with van der Waals surface area (Å²) < 4.78 is 13.2. The standard InChI is InChI=1S/C17H24N4O2/c1-3-21-12-15(11-20-21)16-13(6-8-23-16)9-18-10-14-5-4-7-19-17(14)22-2/h4-5,7,11-13,16,18H,3,6,8-10H2,1-2H3/t13-,16+/m1/s1. The number of nitrogens with zero attached hydrogens (tertiary/aromatic N) is 3. The van der Waals surface area contributed by atoms with Crippen molar-refractivity contribution in [3.63, 3.8) is 0 Å². The van der Waals surface area contributed by atoms with Crippen LogP contribution in [0.3, 0.4) is 0 Å². The van der Waals surface area contributed by atoms with Gasteiger partial charge in [0.15, 0.2) is 0 Å². The van der Waals surface area contributed by atoms with Crippen LogP contribution in [-0.2, 0) is 17.8 Å². The highest BCUT2D eigenvalue weighted by Crippen LogP contribution is 2.33. The Hall–Kier alpha value is -1.92. The van der Waals surface area contributed by atoms with Gasteiger partial charge in [0.05, 0.1) is 19.4 Å². The first-order chi connectivity index (χ1) is 11.3. The van der Waals surface area contributed by atoms with E-state index in [2.05, 4.69) is 28.5 Å². The van der Waals surface area contributed by atoms with E-state index in [1.165, 1.54) is 5.56 Å². The molecule has 6 heteroatoms. The number of rotatable bonds is 7. The SMILES string of the molecule is CCn1cc([C@H]2OCC[C@@H]2CNCc2cccnc2OC)cn1. The minimum Gasteiger partial charge on any atom is -0.481 e. The Kier molecular flexibility index (Phi) is 5.25. The quantitative estimate of drug-likeness (QED) is 0.848. The Morgan fingerprint density at radius 1 is 1.48 bits per heavy atom. The van der Waals surface area contributed by atoms with Crippen LogP contribution in [0.4, 0.5) is 0 Å². The molecule has 1 fully saturated rings. The summed E-state index contributed by atoms with van der Waals surface area (Å²) in [7, 11) is 1.65. The lowest BCUT2D eigenvalue weighted by molar-refractivity contribution is 0.0903. The maximum atomic E-state index is 5.93. The van der Waals surface area contributed by atoms with Gasteiger partial charge in [-0.3, -0.25) is 4.68 Å². The second-order valence-electron chi connectivity index (χ2n) is 5.77. The van der Waals surface area contributed by atoms with Crippen molar-refractivity contribution in [1.29, 1.82) is 0 Å². The van der Waals surface area contributed by atoms with Gasteiger partial charge in [0, 0.05) is 55.7 Å². The third-order valence-corrected chi connectivity index (χ3v) is 4.29. The molecule has 0 aliphatic carbocycles. The van der Waals surface area contributed by atoms with Gasteiger partial charge in [-0.2, -0.15) is 5.10 Å². The number of hydrogen-bond donors (Lipinski definition) is 1. The minimum atomic E-state index is 0.138. The first kappa shape index (κ1) is 16.0. The Balaban J connectivity index is 1.57. The summed E-state index contributed by atoms with van der Waals surface area (Å²) in [4.78, 5) is 4.22. The average molecular weight is 316 g/mol. The molecule has 2 aromatic rings. The van der Waals surface area contributed by atoms with Gasteiger partial charge in [-0.25, -0.2) is 4.98 Å². The summed E-state index contributed by atoms with van der Waals surface area (Å²) in [6, 6.07) is 3.97. The Morgan fingerprint density at radius 3 is 3.17 bits per heavy atom. The first-order valence-corrected chi connectivity index (χ1v) is 8.14. The van der Waals surface area contributed by atoms with E-state index in [4.69, 9.17) is 9.47 Å². The molecule has 1 aliphatic rings. The lowest BCUT2D eigenvalue weighted by Crippen LogP contribution is -2.24. The summed E-state index contributed by atoms with van der Waals surface area (Å²) in [6.07, 6.45) is 6.97. The predicted molar refractivity (Wildman–Crippen MR) is 87.2 cm³/mol. The molecule has 0 aromatic carbocycles. The van der Waals surface area contributed by atoms with Crippen molar-refractivity contribution in [2.75, 3.05) is 20.3 Å². The molecule has 6 nitrogen and oxygen atoms in total. The molecule has 23 heavy (non-hydrogen) atoms. The molecule has 124 valence electrons. The van der Waals surface area contributed by atoms with E-state index >= 15 is 0 Å². The van der Waals surface area contributed by atoms with E-state index in [1.54, 1.807) is 13.3 Å². The van der Waals surface area contributed by atoms with Crippen LogP contribution in [0, 0.1) is 5.92 Å². The van der Waals surface area contributed by atoms with Gasteiger partial charge >= 0.3 is 0 Å². The molecule has 3 rings (SSSR count). The Morgan fingerprint density at radius 2 is 2.39 bits per heavy atom. The summed E-state index contributed by atoms with van der Waals surface area (Å²) in [5.74, 6) is 1.15. The molecule has 1 aliphatic heterocycles. The second kappa shape index (κ2) is 7.57. The van der Waals surface area contributed by atoms with Gasteiger partial charge in [-0.05, 0) is 19.4 Å². The van der Waals surface area contributed by atoms with Crippen molar-refractivity contribution in [2.24, 2.45) is 5.92 Å². The molecule has 2 aromatic heterocycles. The summed E-state index contributed by atoms with van der Waals surface area (Å²) in [5, 5.41) is 7.87. The number of nitrogens with one attached hydrogen (secondary N) is 1. The van der Waals surface area contributed by atoms with Crippen LogP contribution >= 0.6 is 0 Å². The fourth-order valence-corrected chi connectivity index (χ4v) is 3.05. The monoisotopic (exact) mass is 316 g/mol. The van der Waals surface area contributed by atoms with Crippen LogP contribution in [0.5, 0.6) is 5.88 Å². The van der Waals surface area contributed by atoms with Crippen LogP contribution in [0.25, 0.3) is 0 Å². The van der Waals surface area contributed by atoms with E-state index in [-0.39, 0.29) is 6.10 Å². The van der Waals surface area contributed by atoms with Crippen LogP contribution in [0.2, 0.25) is 0 Å². The fraction of sp³-hybridized carbons (Fsp3) is 0.529. The molecule has 0 bridgehead atoms. The van der Waals surface area contributed by atoms with E-state index in [0.29, 0.717) is 11.8 Å². The largest absolute Gasteiger partial charge is 0.481 e. The van der Waals surface area contributed by atoms with Crippen LogP contribution in [0.15, 0.2) is 30.7 Å². The third-order valence-electron chi connectivity index (χ3n) is 4.29. The molecule has 0 saturated carbocycles. The van der Waals surface area contributed by atoms with E-state index in [9.17, 15) is 0 Å². The van der Waals surface area contributed by atoms with Crippen LogP contribution in [0.1, 0.15) is 30.6 Å². The van der Waals surface area contributed by atoms with Crippen molar-refractivity contribution < 1.29 is 9.47 Å². The summed E-state index contributed by atoms with van der Waals surface area (Å²) in [5.41, 5.74) is 2.25. The van der Waals surface area contributed by atoms with E-state index < -0.39 is 0 Å². The molecule has 2 atom stereocenters. The van der Waals surface area contributed by atoms with E-state index in [0.717, 1.165) is 38.2 Å². The summed E-state index contributed by atoms with van der Waals surface area (Å²) in [6.45, 7) is 5.43. The Bertz CT molecular complexity index is 629. The average Bonchev–Trinajstić information content (AvgIpc) is 3.23. The van der Waals surface area contributed by atoms with Gasteiger partial charge in [0.1, 0.15) is 0 Å². The first-order valence-electron chi connectivity index (χ1n) is 8.14. The zero-order valence-electron chi connectivity index (χ0n) is 13.7. The Labute approximate surface area is 136 Å². The van der Waals surface area contributed by atoms with Gasteiger partial charge in [0.2, 0.25) is 5.88 Å². The predicted octanol–water partition coefficient (Wildman–Crippen LogP) is 2.17. The van der Waals surface area contributed by atoms with Crippen molar-refractivity contribution in [2.45, 2.75) is 32.5 Å². The topological polar surface area (TPSA) is 61.2 Å². The van der Waals surface area contributed by atoms with Gasteiger partial charge < -0.3 is 14.8 Å². The van der Waals surface area contributed by atoms with Crippen molar-refractivity contribution in [3.05, 3.63) is 41.9 Å². The highest BCUT2D eigenvalue weighted by molar-refractivity contribution is 5.25. The van der Waals surface area contributed by atoms with Gasteiger partial charge in [0.25, 0.3) is 0 Å². The molecular formula is C17H24N4O2. The number of hydrogen-bond acceptors (Lipinski definition) is 5.